The summed E-state index contributed by atoms with van der Waals surface area (Å²) in [7, 11) is 2.05. The largest absolute Gasteiger partial charge is 0.493 e. The number of piperidine rings is 2. The van der Waals surface area contributed by atoms with Gasteiger partial charge in [-0.15, -0.1) is 10.2 Å². The van der Waals surface area contributed by atoms with Crippen molar-refractivity contribution in [2.75, 3.05) is 56.2 Å². The molecule has 2 aromatic heterocycles. The van der Waals surface area contributed by atoms with Gasteiger partial charge in [-0.2, -0.15) is 5.26 Å². The van der Waals surface area contributed by atoms with Crippen LogP contribution in [0.2, 0.25) is 5.02 Å². The Morgan fingerprint density at radius 1 is 1.00 bits per heavy atom. The minimum absolute atomic E-state index is 0.0739. The Morgan fingerprint density at radius 3 is 2.46 bits per heavy atom. The monoisotopic (exact) mass is 874 g/mol. The van der Waals surface area contributed by atoms with Crippen molar-refractivity contribution in [3.05, 3.63) is 76.1 Å². The SMILES string of the molecule is CCn1c2c(c3ccc(OCCCN4CCC5(CC4)CN(c4ccc(C(=O)NC6CCC(N(C)c7ccc(C#N)c(Cl)c7)CC6)nn4)C5)cc31)C(=O)N(C1CCC(=O)NC1=O)C2=O. The van der Waals surface area contributed by atoms with Crippen molar-refractivity contribution in [1.82, 2.24) is 35.2 Å². The summed E-state index contributed by atoms with van der Waals surface area (Å²) in [5.74, 6) is -0.798. The predicted molar refractivity (Wildman–Crippen MR) is 235 cm³/mol. The Labute approximate surface area is 370 Å². The maximum Gasteiger partial charge on any atom is 0.278 e. The van der Waals surface area contributed by atoms with Gasteiger partial charge in [-0.25, -0.2) is 0 Å². The van der Waals surface area contributed by atoms with Crippen LogP contribution in [0.3, 0.4) is 0 Å². The molecule has 0 bridgehead atoms. The van der Waals surface area contributed by atoms with Gasteiger partial charge in [0.2, 0.25) is 11.8 Å². The molecule has 16 nitrogen and oxygen atoms in total. The van der Waals surface area contributed by atoms with Crippen molar-refractivity contribution in [3.63, 3.8) is 0 Å². The minimum atomic E-state index is -1.01. The average molecular weight is 875 g/mol. The van der Waals surface area contributed by atoms with E-state index in [0.717, 1.165) is 99.6 Å². The van der Waals surface area contributed by atoms with Gasteiger partial charge >= 0.3 is 0 Å². The molecule has 1 spiro atoms. The molecule has 5 aliphatic rings. The fraction of sp³-hybridized carbons (Fsp3) is 0.478. The van der Waals surface area contributed by atoms with Gasteiger partial charge in [0, 0.05) is 74.3 Å². The number of nitrogens with one attached hydrogen (secondary N) is 2. The van der Waals surface area contributed by atoms with E-state index in [0.29, 0.717) is 52.2 Å². The molecule has 9 rings (SSSR count). The number of benzene rings is 2. The molecule has 6 heterocycles. The number of likely N-dealkylation sites (tertiary alicyclic amines) is 1. The van der Waals surface area contributed by atoms with Crippen LogP contribution < -0.4 is 25.2 Å². The number of aryl methyl sites for hydroxylation is 1. The zero-order valence-corrected chi connectivity index (χ0v) is 36.3. The summed E-state index contributed by atoms with van der Waals surface area (Å²) in [6.07, 6.45) is 6.82. The second-order valence-electron chi connectivity index (χ2n) is 17.6. The van der Waals surface area contributed by atoms with E-state index in [1.54, 1.807) is 12.1 Å². The van der Waals surface area contributed by atoms with E-state index >= 15 is 0 Å². The molecule has 63 heavy (non-hydrogen) atoms. The molecule has 4 aromatic rings. The van der Waals surface area contributed by atoms with E-state index in [1.807, 2.05) is 54.9 Å². The number of fused-ring (bicyclic) bond motifs is 3. The fourth-order valence-corrected chi connectivity index (χ4v) is 10.4. The molecular formula is C46H51ClN10O6. The van der Waals surface area contributed by atoms with Crippen LogP contribution in [-0.4, -0.2) is 119 Å². The summed E-state index contributed by atoms with van der Waals surface area (Å²) in [6.45, 7) is 7.68. The Hall–Kier alpha value is -6.05. The third-order valence-corrected chi connectivity index (χ3v) is 14.2. The van der Waals surface area contributed by atoms with Crippen LogP contribution in [-0.2, 0) is 16.1 Å². The normalized spacial score (nSPS) is 22.2. The van der Waals surface area contributed by atoms with Gasteiger partial charge in [-0.1, -0.05) is 11.6 Å². The number of nitriles is 1. The molecule has 4 aliphatic heterocycles. The minimum Gasteiger partial charge on any atom is -0.493 e. The first kappa shape index (κ1) is 42.3. The molecule has 328 valence electrons. The third kappa shape index (κ3) is 8.08. The highest BCUT2D eigenvalue weighted by molar-refractivity contribution is 6.32. The van der Waals surface area contributed by atoms with Gasteiger partial charge in [0.1, 0.15) is 23.6 Å². The maximum absolute atomic E-state index is 13.6. The quantitative estimate of drug-likeness (QED) is 0.145. The van der Waals surface area contributed by atoms with Gasteiger partial charge in [-0.05, 0) is 114 Å². The molecule has 3 saturated heterocycles. The Balaban J connectivity index is 0.695. The van der Waals surface area contributed by atoms with E-state index in [4.69, 9.17) is 16.3 Å². The number of halogens is 1. The smallest absolute Gasteiger partial charge is 0.278 e. The fourth-order valence-electron chi connectivity index (χ4n) is 10.2. The number of carbonyl (C=O) groups excluding carboxylic acids is 5. The van der Waals surface area contributed by atoms with Gasteiger partial charge in [0.05, 0.1) is 28.3 Å². The van der Waals surface area contributed by atoms with E-state index in [2.05, 4.69) is 41.6 Å². The molecule has 1 unspecified atom stereocenters. The first-order chi connectivity index (χ1) is 30.5. The Kier molecular flexibility index (Phi) is 11.6. The molecule has 2 aromatic carbocycles. The highest BCUT2D eigenvalue weighted by Gasteiger charge is 2.48. The van der Waals surface area contributed by atoms with Gasteiger partial charge in [0.15, 0.2) is 11.5 Å². The summed E-state index contributed by atoms with van der Waals surface area (Å²) in [5.41, 5.74) is 3.32. The average Bonchev–Trinajstić information content (AvgIpc) is 3.74. The zero-order chi connectivity index (χ0) is 44.0. The number of aromatic nitrogens is 3. The molecule has 2 N–H and O–H groups in total. The molecule has 1 atom stereocenters. The predicted octanol–water partition coefficient (Wildman–Crippen LogP) is 4.93. The molecule has 1 saturated carbocycles. The number of hydrogen-bond acceptors (Lipinski definition) is 12. The van der Waals surface area contributed by atoms with Crippen LogP contribution >= 0.6 is 11.6 Å². The number of imide groups is 2. The Morgan fingerprint density at radius 2 is 1.78 bits per heavy atom. The van der Waals surface area contributed by atoms with E-state index in [-0.39, 0.29) is 35.9 Å². The van der Waals surface area contributed by atoms with Crippen molar-refractivity contribution >= 4 is 63.5 Å². The lowest BCUT2D eigenvalue weighted by Gasteiger charge is -2.54. The van der Waals surface area contributed by atoms with Crippen LogP contribution in [0, 0.1) is 16.7 Å². The lowest BCUT2D eigenvalue weighted by molar-refractivity contribution is -0.136. The maximum atomic E-state index is 13.6. The molecule has 0 radical (unpaired) electrons. The van der Waals surface area contributed by atoms with E-state index in [9.17, 15) is 29.2 Å². The first-order valence-electron chi connectivity index (χ1n) is 22.0. The second-order valence-corrected chi connectivity index (χ2v) is 18.0. The van der Waals surface area contributed by atoms with Crippen LogP contribution in [0.4, 0.5) is 11.5 Å². The topological polar surface area (TPSA) is 186 Å². The van der Waals surface area contributed by atoms with Gasteiger partial charge in [0.25, 0.3) is 17.7 Å². The van der Waals surface area contributed by atoms with Gasteiger partial charge in [-0.3, -0.25) is 34.2 Å². The number of hydrogen-bond donors (Lipinski definition) is 2. The summed E-state index contributed by atoms with van der Waals surface area (Å²) in [6, 6.07) is 16.2. The highest BCUT2D eigenvalue weighted by Crippen LogP contribution is 2.42. The third-order valence-electron chi connectivity index (χ3n) is 13.9. The first-order valence-corrected chi connectivity index (χ1v) is 22.4. The number of ether oxygens (including phenoxy) is 1. The van der Waals surface area contributed by atoms with Crippen molar-refractivity contribution in [2.45, 2.75) is 89.4 Å². The van der Waals surface area contributed by atoms with Crippen molar-refractivity contribution < 1.29 is 28.7 Å². The molecule has 1 aliphatic carbocycles. The van der Waals surface area contributed by atoms with E-state index in [1.165, 1.54) is 0 Å². The molecule has 17 heteroatoms. The number of amides is 5. The van der Waals surface area contributed by atoms with Crippen LogP contribution in [0.1, 0.15) is 102 Å². The zero-order valence-electron chi connectivity index (χ0n) is 35.6. The lowest BCUT2D eigenvalue weighted by atomic mass is 9.72. The number of rotatable bonds is 12. The van der Waals surface area contributed by atoms with Crippen LogP contribution in [0.5, 0.6) is 5.75 Å². The molecule has 5 amide bonds. The second kappa shape index (κ2) is 17.3. The Bertz CT molecular complexity index is 2510. The van der Waals surface area contributed by atoms with Crippen molar-refractivity contribution in [3.8, 4) is 11.8 Å². The van der Waals surface area contributed by atoms with Crippen molar-refractivity contribution in [2.24, 2.45) is 5.41 Å². The molecular weight excluding hydrogens is 824 g/mol. The van der Waals surface area contributed by atoms with Crippen LogP contribution in [0.25, 0.3) is 10.9 Å². The number of carbonyl (C=O) groups is 5. The number of anilines is 2. The van der Waals surface area contributed by atoms with Crippen molar-refractivity contribution in [1.29, 1.82) is 5.26 Å². The standard InChI is InChI=1S/C46H51ClN10O6/c1-3-56-37-24-32(11-12-33(37)40-41(56)45(62)57(44(40)61)36-14-16-39(58)50-43(36)60)63-22-4-19-54-20-17-46(18-21-54)26-55(27-46)38-15-13-35(51-52-38)42(59)49-29-6-9-30(10-7-29)53(2)31-8-5-28(25-48)34(47)23-31/h5,8,11-13,15,23-24,29-30,36H,3-4,6-7,9-10,14,16-22,26-27H2,1-2H3,(H,49,59)(H,50,58,60). The molecule has 4 fully saturated rings. The number of nitrogens with zero attached hydrogens (tertiary/aromatic N) is 8. The summed E-state index contributed by atoms with van der Waals surface area (Å²) >= 11 is 6.27. The van der Waals surface area contributed by atoms with Gasteiger partial charge < -0.3 is 29.3 Å². The van der Waals surface area contributed by atoms with E-state index < -0.39 is 29.7 Å². The summed E-state index contributed by atoms with van der Waals surface area (Å²) in [5, 5.41) is 24.4. The van der Waals surface area contributed by atoms with Crippen LogP contribution in [0.15, 0.2) is 48.5 Å². The summed E-state index contributed by atoms with van der Waals surface area (Å²) in [4.78, 5) is 72.4. The lowest BCUT2D eigenvalue weighted by Crippen LogP contribution is -2.60. The highest BCUT2D eigenvalue weighted by atomic mass is 35.5. The summed E-state index contributed by atoms with van der Waals surface area (Å²) < 4.78 is 7.98.